The molecule has 0 aliphatic carbocycles. The highest BCUT2D eigenvalue weighted by molar-refractivity contribution is 5.72. The summed E-state index contributed by atoms with van der Waals surface area (Å²) in [5, 5.41) is 17.2. The molecule has 0 aliphatic heterocycles. The van der Waals surface area contributed by atoms with Crippen molar-refractivity contribution < 1.29 is 29.3 Å². The molecule has 0 amide bonds. The second-order valence-electron chi connectivity index (χ2n) is 3.23. The van der Waals surface area contributed by atoms with Gasteiger partial charge in [0.15, 0.2) is 6.61 Å². The lowest BCUT2D eigenvalue weighted by Crippen LogP contribution is -2.11. The SMILES string of the molecule is COc1ccc(OCC(=O)O)c(CC(=O)O)c1. The Morgan fingerprint density at radius 1 is 1.24 bits per heavy atom. The zero-order chi connectivity index (χ0) is 12.8. The van der Waals surface area contributed by atoms with Crippen molar-refractivity contribution in [1.82, 2.24) is 0 Å². The summed E-state index contributed by atoms with van der Waals surface area (Å²) in [5.74, 6) is -1.43. The fourth-order valence-corrected chi connectivity index (χ4v) is 1.26. The van der Waals surface area contributed by atoms with Crippen LogP contribution in [0.2, 0.25) is 0 Å². The lowest BCUT2D eigenvalue weighted by atomic mass is 10.1. The number of methoxy groups -OCH3 is 1. The van der Waals surface area contributed by atoms with Crippen molar-refractivity contribution in [3.63, 3.8) is 0 Å². The predicted molar refractivity (Wildman–Crippen MR) is 57.5 cm³/mol. The van der Waals surface area contributed by atoms with Crippen LogP contribution in [0.5, 0.6) is 11.5 Å². The van der Waals surface area contributed by atoms with E-state index in [1.165, 1.54) is 19.2 Å². The van der Waals surface area contributed by atoms with E-state index in [1.807, 2.05) is 0 Å². The average Bonchev–Trinajstić information content (AvgIpc) is 2.26. The van der Waals surface area contributed by atoms with Gasteiger partial charge in [0.05, 0.1) is 13.5 Å². The summed E-state index contributed by atoms with van der Waals surface area (Å²) in [6.07, 6.45) is -0.258. The summed E-state index contributed by atoms with van der Waals surface area (Å²) in [7, 11) is 1.46. The van der Waals surface area contributed by atoms with E-state index in [4.69, 9.17) is 19.7 Å². The van der Waals surface area contributed by atoms with Crippen LogP contribution in [-0.2, 0) is 16.0 Å². The van der Waals surface area contributed by atoms with Crippen molar-refractivity contribution in [3.8, 4) is 11.5 Å². The Labute approximate surface area is 97.4 Å². The van der Waals surface area contributed by atoms with Crippen LogP contribution in [0.25, 0.3) is 0 Å². The van der Waals surface area contributed by atoms with Crippen LogP contribution < -0.4 is 9.47 Å². The Morgan fingerprint density at radius 2 is 1.94 bits per heavy atom. The van der Waals surface area contributed by atoms with E-state index in [1.54, 1.807) is 6.07 Å². The van der Waals surface area contributed by atoms with Crippen LogP contribution in [0.15, 0.2) is 18.2 Å². The number of carboxylic acid groups (broad SMARTS) is 2. The van der Waals surface area contributed by atoms with Gasteiger partial charge >= 0.3 is 11.9 Å². The maximum atomic E-state index is 10.6. The molecule has 0 bridgehead atoms. The second-order valence-corrected chi connectivity index (χ2v) is 3.23. The number of benzene rings is 1. The van der Waals surface area contributed by atoms with E-state index in [0.29, 0.717) is 11.3 Å². The third-order valence-corrected chi connectivity index (χ3v) is 1.96. The fourth-order valence-electron chi connectivity index (χ4n) is 1.26. The molecule has 0 saturated heterocycles. The van der Waals surface area contributed by atoms with Gasteiger partial charge in [-0.05, 0) is 18.2 Å². The van der Waals surface area contributed by atoms with E-state index < -0.39 is 18.5 Å². The molecule has 92 valence electrons. The Morgan fingerprint density at radius 3 is 2.47 bits per heavy atom. The summed E-state index contributed by atoms with van der Waals surface area (Å²) in [5.41, 5.74) is 0.373. The zero-order valence-electron chi connectivity index (χ0n) is 9.17. The van der Waals surface area contributed by atoms with Gasteiger partial charge in [0, 0.05) is 5.56 Å². The molecule has 0 heterocycles. The van der Waals surface area contributed by atoms with Gasteiger partial charge in [-0.15, -0.1) is 0 Å². The van der Waals surface area contributed by atoms with Gasteiger partial charge < -0.3 is 19.7 Å². The van der Waals surface area contributed by atoms with Gasteiger partial charge in [0.25, 0.3) is 0 Å². The molecule has 0 radical (unpaired) electrons. The third kappa shape index (κ3) is 4.02. The highest BCUT2D eigenvalue weighted by Crippen LogP contribution is 2.24. The Kier molecular flexibility index (Phi) is 4.33. The largest absolute Gasteiger partial charge is 0.497 e. The number of hydrogen-bond acceptors (Lipinski definition) is 4. The van der Waals surface area contributed by atoms with Crippen LogP contribution in [0, 0.1) is 0 Å². The van der Waals surface area contributed by atoms with Crippen molar-refractivity contribution in [3.05, 3.63) is 23.8 Å². The summed E-state index contributed by atoms with van der Waals surface area (Å²) < 4.78 is 9.93. The molecule has 0 fully saturated rings. The van der Waals surface area contributed by atoms with E-state index >= 15 is 0 Å². The molecular weight excluding hydrogens is 228 g/mol. The smallest absolute Gasteiger partial charge is 0.341 e. The van der Waals surface area contributed by atoms with Crippen LogP contribution in [0.4, 0.5) is 0 Å². The number of aliphatic carboxylic acids is 2. The van der Waals surface area contributed by atoms with Crippen LogP contribution in [0.1, 0.15) is 5.56 Å². The summed E-state index contributed by atoms with van der Waals surface area (Å²) in [6.45, 7) is -0.515. The normalized spacial score (nSPS) is 9.71. The molecule has 0 atom stereocenters. The van der Waals surface area contributed by atoms with Crippen molar-refractivity contribution in [1.29, 1.82) is 0 Å². The van der Waals surface area contributed by atoms with Gasteiger partial charge in [0.2, 0.25) is 0 Å². The molecule has 6 heteroatoms. The third-order valence-electron chi connectivity index (χ3n) is 1.96. The van der Waals surface area contributed by atoms with E-state index in [-0.39, 0.29) is 12.2 Å². The monoisotopic (exact) mass is 240 g/mol. The van der Waals surface area contributed by atoms with E-state index in [0.717, 1.165) is 0 Å². The topological polar surface area (TPSA) is 93.1 Å². The Hall–Kier alpha value is -2.24. The molecule has 0 saturated carbocycles. The highest BCUT2D eigenvalue weighted by atomic mass is 16.5. The van der Waals surface area contributed by atoms with Gasteiger partial charge in [-0.3, -0.25) is 4.79 Å². The molecule has 0 aromatic heterocycles. The quantitative estimate of drug-likeness (QED) is 0.763. The molecule has 1 aromatic carbocycles. The average molecular weight is 240 g/mol. The molecular formula is C11H12O6. The zero-order valence-corrected chi connectivity index (χ0v) is 9.17. The maximum absolute atomic E-state index is 10.6. The van der Waals surface area contributed by atoms with E-state index in [2.05, 4.69) is 0 Å². The molecule has 2 N–H and O–H groups in total. The van der Waals surface area contributed by atoms with Crippen molar-refractivity contribution in [2.45, 2.75) is 6.42 Å². The van der Waals surface area contributed by atoms with Crippen molar-refractivity contribution >= 4 is 11.9 Å². The number of carbonyl (C=O) groups is 2. The molecule has 1 aromatic rings. The first-order valence-corrected chi connectivity index (χ1v) is 4.76. The first-order chi connectivity index (χ1) is 8.02. The molecule has 0 unspecified atom stereocenters. The lowest BCUT2D eigenvalue weighted by Gasteiger charge is -2.10. The second kappa shape index (κ2) is 5.74. The van der Waals surface area contributed by atoms with Gasteiger partial charge in [-0.25, -0.2) is 4.79 Å². The molecule has 0 spiro atoms. The van der Waals surface area contributed by atoms with Gasteiger partial charge in [-0.1, -0.05) is 0 Å². The standard InChI is InChI=1S/C11H12O6/c1-16-8-2-3-9(17-6-11(14)15)7(4-8)5-10(12)13/h2-4H,5-6H2,1H3,(H,12,13)(H,14,15). The molecule has 17 heavy (non-hydrogen) atoms. The van der Waals surface area contributed by atoms with Crippen molar-refractivity contribution in [2.75, 3.05) is 13.7 Å². The number of rotatable bonds is 6. The summed E-state index contributed by atoms with van der Waals surface area (Å²) >= 11 is 0. The highest BCUT2D eigenvalue weighted by Gasteiger charge is 2.10. The van der Waals surface area contributed by atoms with E-state index in [9.17, 15) is 9.59 Å². The first kappa shape index (κ1) is 12.8. The maximum Gasteiger partial charge on any atom is 0.341 e. The molecule has 6 nitrogen and oxygen atoms in total. The van der Waals surface area contributed by atoms with Crippen LogP contribution >= 0.6 is 0 Å². The minimum absolute atomic E-state index is 0.232. The number of hydrogen-bond donors (Lipinski definition) is 2. The molecule has 0 aliphatic rings. The lowest BCUT2D eigenvalue weighted by molar-refractivity contribution is -0.139. The number of carboxylic acids is 2. The fraction of sp³-hybridized carbons (Fsp3) is 0.273. The van der Waals surface area contributed by atoms with Gasteiger partial charge in [-0.2, -0.15) is 0 Å². The van der Waals surface area contributed by atoms with Crippen molar-refractivity contribution in [2.24, 2.45) is 0 Å². The Balaban J connectivity index is 2.93. The minimum Gasteiger partial charge on any atom is -0.497 e. The summed E-state index contributed by atoms with van der Waals surface area (Å²) in [4.78, 5) is 21.0. The van der Waals surface area contributed by atoms with Gasteiger partial charge in [0.1, 0.15) is 11.5 Å². The Bertz CT molecular complexity index is 426. The number of ether oxygens (including phenoxy) is 2. The predicted octanol–water partition coefficient (Wildman–Crippen LogP) is 0.786. The van der Waals surface area contributed by atoms with Crippen LogP contribution in [0.3, 0.4) is 0 Å². The summed E-state index contributed by atoms with van der Waals surface area (Å²) in [6, 6.07) is 4.56. The van der Waals surface area contributed by atoms with Crippen LogP contribution in [-0.4, -0.2) is 35.9 Å². The molecule has 1 rings (SSSR count). The minimum atomic E-state index is -1.12. The first-order valence-electron chi connectivity index (χ1n) is 4.76.